The molecule has 2 fully saturated rings. The minimum atomic E-state index is -0.707. The van der Waals surface area contributed by atoms with Crippen LogP contribution >= 0.6 is 0 Å². The van der Waals surface area contributed by atoms with Crippen LogP contribution in [-0.2, 0) is 14.3 Å². The molecule has 0 N–H and O–H groups in total. The fraction of sp³-hybridized carbons (Fsp3) is 0.706. The summed E-state index contributed by atoms with van der Waals surface area (Å²) in [6.07, 6.45) is 10.1. The molecular formula is C17H24N2O4. The van der Waals surface area contributed by atoms with Crippen LogP contribution in [0.25, 0.3) is 0 Å². The number of hydrogen-bond donors (Lipinski definition) is 0. The fourth-order valence-corrected chi connectivity index (χ4v) is 3.45. The van der Waals surface area contributed by atoms with Crippen molar-refractivity contribution in [1.29, 1.82) is 0 Å². The van der Waals surface area contributed by atoms with Gasteiger partial charge in [0.25, 0.3) is 0 Å². The standard InChI is InChI=1S/C17H24N2O4/c20-15-16(21)19(12-14-8-4-5-11-23-14)17(22)18(15)10-9-13-6-2-1-3-7-13/h6,14H,1-5,7-12H2/t14-/m0/s1. The van der Waals surface area contributed by atoms with Gasteiger partial charge in [-0.3, -0.25) is 19.4 Å². The van der Waals surface area contributed by atoms with Crippen LogP contribution in [-0.4, -0.2) is 53.4 Å². The third kappa shape index (κ3) is 3.63. The second-order valence-corrected chi connectivity index (χ2v) is 6.50. The first kappa shape index (κ1) is 16.2. The summed E-state index contributed by atoms with van der Waals surface area (Å²) in [5.41, 5.74) is 1.29. The van der Waals surface area contributed by atoms with Gasteiger partial charge in [-0.25, -0.2) is 4.79 Å². The van der Waals surface area contributed by atoms with E-state index in [0.717, 1.165) is 48.3 Å². The van der Waals surface area contributed by atoms with Gasteiger partial charge < -0.3 is 4.74 Å². The van der Waals surface area contributed by atoms with E-state index in [1.165, 1.54) is 12.0 Å². The molecule has 0 aromatic carbocycles. The van der Waals surface area contributed by atoms with Gasteiger partial charge in [0.1, 0.15) is 0 Å². The number of hydrogen-bond acceptors (Lipinski definition) is 4. The molecular weight excluding hydrogens is 296 g/mol. The second kappa shape index (κ2) is 7.25. The molecule has 2 aliphatic heterocycles. The van der Waals surface area contributed by atoms with Gasteiger partial charge in [-0.2, -0.15) is 0 Å². The Morgan fingerprint density at radius 2 is 1.87 bits per heavy atom. The molecule has 1 atom stereocenters. The Kier molecular flexibility index (Phi) is 5.10. The summed E-state index contributed by atoms with van der Waals surface area (Å²) in [6.45, 7) is 1.16. The highest BCUT2D eigenvalue weighted by Crippen LogP contribution is 2.23. The second-order valence-electron chi connectivity index (χ2n) is 6.50. The number of ether oxygens (including phenoxy) is 1. The maximum Gasteiger partial charge on any atom is 0.334 e. The molecule has 4 amide bonds. The Morgan fingerprint density at radius 1 is 1.04 bits per heavy atom. The first-order chi connectivity index (χ1) is 11.2. The summed E-state index contributed by atoms with van der Waals surface area (Å²) in [6, 6.07) is -0.481. The maximum absolute atomic E-state index is 12.4. The predicted octanol–water partition coefficient (Wildman–Crippen LogP) is 2.24. The van der Waals surface area contributed by atoms with Crippen molar-refractivity contribution in [2.75, 3.05) is 19.7 Å². The van der Waals surface area contributed by atoms with Gasteiger partial charge in [0.15, 0.2) is 0 Å². The van der Waals surface area contributed by atoms with E-state index in [1.54, 1.807) is 0 Å². The van der Waals surface area contributed by atoms with E-state index in [4.69, 9.17) is 4.74 Å². The number of amides is 4. The van der Waals surface area contributed by atoms with Crippen LogP contribution in [0.2, 0.25) is 0 Å². The Balaban J connectivity index is 1.58. The fourth-order valence-electron chi connectivity index (χ4n) is 3.45. The van der Waals surface area contributed by atoms with Gasteiger partial charge in [0.05, 0.1) is 12.6 Å². The van der Waals surface area contributed by atoms with E-state index in [9.17, 15) is 14.4 Å². The molecule has 0 spiro atoms. The molecule has 6 heteroatoms. The van der Waals surface area contributed by atoms with Crippen LogP contribution in [0.4, 0.5) is 4.79 Å². The number of rotatable bonds is 5. The third-order valence-electron chi connectivity index (χ3n) is 4.84. The number of carbonyl (C=O) groups excluding carboxylic acids is 3. The van der Waals surface area contributed by atoms with E-state index >= 15 is 0 Å². The van der Waals surface area contributed by atoms with Crippen molar-refractivity contribution in [3.63, 3.8) is 0 Å². The van der Waals surface area contributed by atoms with Crippen molar-refractivity contribution in [2.24, 2.45) is 0 Å². The summed E-state index contributed by atoms with van der Waals surface area (Å²) in [4.78, 5) is 38.8. The molecule has 0 saturated carbocycles. The van der Waals surface area contributed by atoms with Crippen LogP contribution in [0.5, 0.6) is 0 Å². The minimum absolute atomic E-state index is 0.134. The smallest absolute Gasteiger partial charge is 0.334 e. The molecule has 2 heterocycles. The lowest BCUT2D eigenvalue weighted by Crippen LogP contribution is -2.40. The van der Waals surface area contributed by atoms with Gasteiger partial charge in [-0.05, 0) is 51.4 Å². The molecule has 2 saturated heterocycles. The third-order valence-corrected chi connectivity index (χ3v) is 4.84. The topological polar surface area (TPSA) is 66.9 Å². The molecule has 23 heavy (non-hydrogen) atoms. The first-order valence-corrected chi connectivity index (χ1v) is 8.63. The van der Waals surface area contributed by atoms with Crippen molar-refractivity contribution in [3.05, 3.63) is 11.6 Å². The molecule has 0 bridgehead atoms. The lowest BCUT2D eigenvalue weighted by Gasteiger charge is -2.25. The van der Waals surface area contributed by atoms with E-state index in [-0.39, 0.29) is 12.6 Å². The molecule has 0 aromatic rings. The molecule has 3 rings (SSSR count). The summed E-state index contributed by atoms with van der Waals surface area (Å²) >= 11 is 0. The van der Waals surface area contributed by atoms with Crippen molar-refractivity contribution in [1.82, 2.24) is 9.80 Å². The van der Waals surface area contributed by atoms with Gasteiger partial charge in [-0.1, -0.05) is 11.6 Å². The molecule has 0 unspecified atom stereocenters. The molecule has 0 aromatic heterocycles. The molecule has 6 nitrogen and oxygen atoms in total. The minimum Gasteiger partial charge on any atom is -0.376 e. The molecule has 3 aliphatic rings. The zero-order chi connectivity index (χ0) is 16.2. The number of imide groups is 2. The van der Waals surface area contributed by atoms with Crippen LogP contribution in [0, 0.1) is 0 Å². The van der Waals surface area contributed by atoms with Gasteiger partial charge in [-0.15, -0.1) is 0 Å². The quantitative estimate of drug-likeness (QED) is 0.443. The Morgan fingerprint density at radius 3 is 2.57 bits per heavy atom. The SMILES string of the molecule is O=C1C(=O)N(C[C@@H]2CCCCO2)C(=O)N1CCC1=CCCCC1. The Hall–Kier alpha value is -1.69. The number of nitrogens with zero attached hydrogens (tertiary/aromatic N) is 2. The maximum atomic E-state index is 12.4. The van der Waals surface area contributed by atoms with Crippen LogP contribution in [0.3, 0.4) is 0 Å². The average Bonchev–Trinajstić information content (AvgIpc) is 2.79. The highest BCUT2D eigenvalue weighted by Gasteiger charge is 2.45. The summed E-state index contributed by atoms with van der Waals surface area (Å²) in [5.74, 6) is -1.40. The average molecular weight is 320 g/mol. The largest absolute Gasteiger partial charge is 0.376 e. The van der Waals surface area contributed by atoms with Gasteiger partial charge >= 0.3 is 17.8 Å². The van der Waals surface area contributed by atoms with Gasteiger partial charge in [0, 0.05) is 13.2 Å². The first-order valence-electron chi connectivity index (χ1n) is 8.63. The molecule has 126 valence electrons. The van der Waals surface area contributed by atoms with Crippen molar-refractivity contribution >= 4 is 17.8 Å². The van der Waals surface area contributed by atoms with Crippen molar-refractivity contribution in [3.8, 4) is 0 Å². The van der Waals surface area contributed by atoms with E-state index in [2.05, 4.69) is 6.08 Å². The number of urea groups is 1. The van der Waals surface area contributed by atoms with Crippen molar-refractivity contribution in [2.45, 2.75) is 57.5 Å². The predicted molar refractivity (Wildman–Crippen MR) is 83.6 cm³/mol. The van der Waals surface area contributed by atoms with Crippen LogP contribution in [0.1, 0.15) is 51.4 Å². The lowest BCUT2D eigenvalue weighted by molar-refractivity contribution is -0.144. The molecule has 0 radical (unpaired) electrons. The number of allylic oxidation sites excluding steroid dienone is 1. The summed E-state index contributed by atoms with van der Waals surface area (Å²) < 4.78 is 5.58. The van der Waals surface area contributed by atoms with E-state index in [1.807, 2.05) is 0 Å². The zero-order valence-corrected chi connectivity index (χ0v) is 13.5. The highest BCUT2D eigenvalue weighted by molar-refractivity contribution is 6.44. The normalized spacial score (nSPS) is 26.0. The van der Waals surface area contributed by atoms with Crippen LogP contribution in [0.15, 0.2) is 11.6 Å². The molecule has 1 aliphatic carbocycles. The lowest BCUT2D eigenvalue weighted by atomic mass is 9.97. The van der Waals surface area contributed by atoms with E-state index < -0.39 is 17.8 Å². The van der Waals surface area contributed by atoms with Gasteiger partial charge in [0.2, 0.25) is 0 Å². The Labute approximate surface area is 136 Å². The van der Waals surface area contributed by atoms with Crippen LogP contribution < -0.4 is 0 Å². The van der Waals surface area contributed by atoms with Crippen molar-refractivity contribution < 1.29 is 19.1 Å². The van der Waals surface area contributed by atoms with E-state index in [0.29, 0.717) is 19.6 Å². The Bertz CT molecular complexity index is 523. The number of carbonyl (C=O) groups is 3. The summed E-state index contributed by atoms with van der Waals surface area (Å²) in [7, 11) is 0. The zero-order valence-electron chi connectivity index (χ0n) is 13.5. The monoisotopic (exact) mass is 320 g/mol. The highest BCUT2D eigenvalue weighted by atomic mass is 16.5. The summed E-state index contributed by atoms with van der Waals surface area (Å²) in [5, 5.41) is 0.